The molecule has 1 aromatic rings. The van der Waals surface area contributed by atoms with E-state index in [1.807, 2.05) is 17.9 Å². The highest BCUT2D eigenvalue weighted by Crippen LogP contribution is 2.28. The highest BCUT2D eigenvalue weighted by atomic mass is 79.9. The van der Waals surface area contributed by atoms with Gasteiger partial charge < -0.3 is 15.8 Å². The number of hydrogen-bond acceptors (Lipinski definition) is 5. The van der Waals surface area contributed by atoms with Gasteiger partial charge in [-0.15, -0.1) is 11.3 Å². The Balaban J connectivity index is 1.92. The maximum Gasteiger partial charge on any atom is 0.264 e. The van der Waals surface area contributed by atoms with Gasteiger partial charge in [0.2, 0.25) is 0 Å². The van der Waals surface area contributed by atoms with Crippen LogP contribution < -0.4 is 5.73 Å². The Labute approximate surface area is 130 Å². The molecule has 2 rings (SSSR count). The van der Waals surface area contributed by atoms with Gasteiger partial charge in [-0.3, -0.25) is 9.69 Å². The van der Waals surface area contributed by atoms with Crippen LogP contribution in [0.4, 0.5) is 0 Å². The predicted molar refractivity (Wildman–Crippen MR) is 82.5 cm³/mol. The highest BCUT2D eigenvalue weighted by Gasteiger charge is 2.24. The lowest BCUT2D eigenvalue weighted by molar-refractivity contribution is 0.0658. The van der Waals surface area contributed by atoms with Crippen LogP contribution in [0.2, 0.25) is 0 Å². The number of thiophene rings is 1. The monoisotopic (exact) mass is 360 g/mol. The standard InChI is InChI=1S/C12H17BrN4O2S/c1-8-6-9(20-11(8)13)12(18)17-4-2-16(3-5-17)7-10(14)15-19/h6,19H,2-5,7H2,1H3,(H2,14,15). The molecule has 6 nitrogen and oxygen atoms in total. The first kappa shape index (κ1) is 15.3. The Hall–Kier alpha value is -1.12. The number of amides is 1. The zero-order valence-electron chi connectivity index (χ0n) is 11.2. The molecule has 20 heavy (non-hydrogen) atoms. The molecule has 0 spiro atoms. The number of oxime groups is 1. The summed E-state index contributed by atoms with van der Waals surface area (Å²) in [6.07, 6.45) is 0. The van der Waals surface area contributed by atoms with Crippen molar-refractivity contribution in [3.63, 3.8) is 0 Å². The minimum absolute atomic E-state index is 0.0762. The summed E-state index contributed by atoms with van der Waals surface area (Å²) in [6.45, 7) is 5.19. The average Bonchev–Trinajstić information content (AvgIpc) is 2.78. The lowest BCUT2D eigenvalue weighted by Gasteiger charge is -2.34. The van der Waals surface area contributed by atoms with E-state index in [2.05, 4.69) is 26.0 Å². The van der Waals surface area contributed by atoms with Gasteiger partial charge >= 0.3 is 0 Å². The van der Waals surface area contributed by atoms with Crippen molar-refractivity contribution in [1.29, 1.82) is 0 Å². The van der Waals surface area contributed by atoms with Gasteiger partial charge in [-0.05, 0) is 34.5 Å². The summed E-state index contributed by atoms with van der Waals surface area (Å²) in [7, 11) is 0. The molecular formula is C12H17BrN4O2S. The SMILES string of the molecule is Cc1cc(C(=O)N2CCN(C/C(N)=N/O)CC2)sc1Br. The number of halogens is 1. The van der Waals surface area contributed by atoms with Gasteiger partial charge in [-0.1, -0.05) is 5.16 Å². The molecule has 0 unspecified atom stereocenters. The van der Waals surface area contributed by atoms with Crippen molar-refractivity contribution in [3.05, 3.63) is 20.3 Å². The molecule has 1 amide bonds. The van der Waals surface area contributed by atoms with Crippen LogP contribution in [-0.4, -0.2) is 59.5 Å². The molecule has 110 valence electrons. The molecule has 0 aliphatic carbocycles. The number of aryl methyl sites for hydroxylation is 1. The number of nitrogens with two attached hydrogens (primary N) is 1. The molecule has 1 aromatic heterocycles. The van der Waals surface area contributed by atoms with E-state index in [4.69, 9.17) is 10.9 Å². The topological polar surface area (TPSA) is 82.2 Å². The minimum atomic E-state index is 0.0762. The fraction of sp³-hybridized carbons (Fsp3) is 0.500. The fourth-order valence-electron chi connectivity index (χ4n) is 2.09. The zero-order chi connectivity index (χ0) is 14.7. The van der Waals surface area contributed by atoms with Gasteiger partial charge in [0.05, 0.1) is 15.2 Å². The number of piperazine rings is 1. The fourth-order valence-corrected chi connectivity index (χ4v) is 3.59. The summed E-state index contributed by atoms with van der Waals surface area (Å²) >= 11 is 4.91. The van der Waals surface area contributed by atoms with Crippen molar-refractivity contribution in [2.75, 3.05) is 32.7 Å². The number of rotatable bonds is 3. The van der Waals surface area contributed by atoms with Crippen molar-refractivity contribution in [2.45, 2.75) is 6.92 Å². The molecule has 0 saturated carbocycles. The van der Waals surface area contributed by atoms with Crippen molar-refractivity contribution in [2.24, 2.45) is 10.9 Å². The third-order valence-electron chi connectivity index (χ3n) is 3.24. The largest absolute Gasteiger partial charge is 0.409 e. The Morgan fingerprint density at radius 3 is 2.65 bits per heavy atom. The van der Waals surface area contributed by atoms with E-state index < -0.39 is 0 Å². The second-order valence-corrected chi connectivity index (χ2v) is 7.10. The molecule has 0 atom stereocenters. The van der Waals surface area contributed by atoms with Crippen molar-refractivity contribution < 1.29 is 10.0 Å². The lowest BCUT2D eigenvalue weighted by atomic mass is 10.2. The first-order valence-electron chi connectivity index (χ1n) is 6.25. The highest BCUT2D eigenvalue weighted by molar-refractivity contribution is 9.11. The van der Waals surface area contributed by atoms with Gasteiger partial charge in [-0.2, -0.15) is 0 Å². The van der Waals surface area contributed by atoms with Crippen LogP contribution >= 0.6 is 27.3 Å². The van der Waals surface area contributed by atoms with Crippen molar-refractivity contribution >= 4 is 39.0 Å². The Morgan fingerprint density at radius 2 is 2.15 bits per heavy atom. The quantitative estimate of drug-likeness (QED) is 0.368. The van der Waals surface area contributed by atoms with Gasteiger partial charge in [-0.25, -0.2) is 0 Å². The first-order chi connectivity index (χ1) is 9.51. The molecule has 2 heterocycles. The van der Waals surface area contributed by atoms with Gasteiger partial charge in [0.25, 0.3) is 5.91 Å². The lowest BCUT2D eigenvalue weighted by Crippen LogP contribution is -2.50. The maximum absolute atomic E-state index is 12.4. The van der Waals surface area contributed by atoms with Crippen LogP contribution in [-0.2, 0) is 0 Å². The molecule has 1 aliphatic heterocycles. The second-order valence-electron chi connectivity index (χ2n) is 4.73. The molecule has 8 heteroatoms. The van der Waals surface area contributed by atoms with E-state index >= 15 is 0 Å². The maximum atomic E-state index is 12.4. The number of hydrogen-bond donors (Lipinski definition) is 2. The molecule has 1 saturated heterocycles. The van der Waals surface area contributed by atoms with Crippen LogP contribution in [0.5, 0.6) is 0 Å². The Morgan fingerprint density at radius 1 is 1.50 bits per heavy atom. The van der Waals surface area contributed by atoms with E-state index in [0.717, 1.165) is 27.3 Å². The summed E-state index contributed by atoms with van der Waals surface area (Å²) in [4.78, 5) is 17.0. The first-order valence-corrected chi connectivity index (χ1v) is 7.86. The van der Waals surface area contributed by atoms with Crippen LogP contribution in [0.1, 0.15) is 15.2 Å². The minimum Gasteiger partial charge on any atom is -0.409 e. The van der Waals surface area contributed by atoms with Crippen LogP contribution in [0, 0.1) is 6.92 Å². The van der Waals surface area contributed by atoms with Gasteiger partial charge in [0, 0.05) is 26.2 Å². The van der Waals surface area contributed by atoms with Crippen molar-refractivity contribution in [1.82, 2.24) is 9.80 Å². The summed E-state index contributed by atoms with van der Waals surface area (Å²) < 4.78 is 1.01. The summed E-state index contributed by atoms with van der Waals surface area (Å²) in [6, 6.07) is 1.92. The summed E-state index contributed by atoms with van der Waals surface area (Å²) in [5, 5.41) is 11.5. The molecule has 1 aliphatic rings. The Kier molecular flexibility index (Phi) is 5.00. The molecule has 0 bridgehead atoms. The summed E-state index contributed by atoms with van der Waals surface area (Å²) in [5.74, 6) is 0.273. The summed E-state index contributed by atoms with van der Waals surface area (Å²) in [5.41, 5.74) is 6.57. The van der Waals surface area contributed by atoms with Gasteiger partial charge in [0.15, 0.2) is 5.84 Å². The number of carbonyl (C=O) groups excluding carboxylic acids is 1. The van der Waals surface area contributed by atoms with Gasteiger partial charge in [0.1, 0.15) is 0 Å². The van der Waals surface area contributed by atoms with E-state index in [-0.39, 0.29) is 11.7 Å². The van der Waals surface area contributed by atoms with Crippen LogP contribution in [0.25, 0.3) is 0 Å². The second kappa shape index (κ2) is 6.55. The zero-order valence-corrected chi connectivity index (χ0v) is 13.6. The molecule has 1 fully saturated rings. The van der Waals surface area contributed by atoms with Crippen molar-refractivity contribution in [3.8, 4) is 0 Å². The molecule has 0 aromatic carbocycles. The van der Waals surface area contributed by atoms with E-state index in [0.29, 0.717) is 19.6 Å². The van der Waals surface area contributed by atoms with Crippen LogP contribution in [0.3, 0.4) is 0 Å². The molecule has 0 radical (unpaired) electrons. The predicted octanol–water partition coefficient (Wildman–Crippen LogP) is 1.32. The smallest absolute Gasteiger partial charge is 0.264 e. The van der Waals surface area contributed by atoms with Crippen LogP contribution in [0.15, 0.2) is 15.0 Å². The number of nitrogens with zero attached hydrogens (tertiary/aromatic N) is 3. The number of amidine groups is 1. The molecule has 3 N–H and O–H groups in total. The Bertz CT molecular complexity index is 504. The average molecular weight is 361 g/mol. The third kappa shape index (κ3) is 3.50. The van der Waals surface area contributed by atoms with E-state index in [9.17, 15) is 4.79 Å². The van der Waals surface area contributed by atoms with E-state index in [1.54, 1.807) is 0 Å². The van der Waals surface area contributed by atoms with E-state index in [1.165, 1.54) is 11.3 Å². The number of carbonyl (C=O) groups is 1. The normalized spacial score (nSPS) is 17.5. The third-order valence-corrected chi connectivity index (χ3v) is 5.37. The molecular weight excluding hydrogens is 344 g/mol.